The summed E-state index contributed by atoms with van der Waals surface area (Å²) in [5.41, 5.74) is 13.6. The third-order valence-corrected chi connectivity index (χ3v) is 4.15. The lowest BCUT2D eigenvalue weighted by atomic mass is 10.0. The van der Waals surface area contributed by atoms with E-state index in [2.05, 4.69) is 66.7 Å². The fourth-order valence-electron chi connectivity index (χ4n) is 2.69. The van der Waals surface area contributed by atoms with Crippen LogP contribution in [-0.4, -0.2) is 13.6 Å². The van der Waals surface area contributed by atoms with Crippen LogP contribution in [-0.2, 0) is 6.42 Å². The second-order valence-corrected chi connectivity index (χ2v) is 6.04. The van der Waals surface area contributed by atoms with E-state index in [0.717, 1.165) is 40.2 Å². The van der Waals surface area contributed by atoms with Crippen LogP contribution in [0.1, 0.15) is 30.5 Å². The molecule has 0 unspecified atom stereocenters. The molecule has 0 saturated carbocycles. The summed E-state index contributed by atoms with van der Waals surface area (Å²) in [6, 6.07) is 12.3. The first kappa shape index (κ1) is 18.5. The van der Waals surface area contributed by atoms with Gasteiger partial charge in [0.1, 0.15) is 0 Å². The van der Waals surface area contributed by atoms with Crippen molar-refractivity contribution in [2.75, 3.05) is 30.0 Å². The molecule has 0 aliphatic rings. The van der Waals surface area contributed by atoms with Crippen LogP contribution in [0.2, 0.25) is 0 Å². The van der Waals surface area contributed by atoms with Gasteiger partial charge >= 0.3 is 0 Å². The maximum Gasteiger partial charge on any atom is 0.0769 e. The fourth-order valence-corrected chi connectivity index (χ4v) is 2.69. The molecule has 2 aromatic carbocycles. The molecular weight excluding hydrogens is 306 g/mol. The van der Waals surface area contributed by atoms with Crippen molar-refractivity contribution in [2.24, 2.45) is 0 Å². The van der Waals surface area contributed by atoms with Crippen LogP contribution in [0.25, 0.3) is 6.08 Å². The number of hydrogen-bond donors (Lipinski definition) is 3. The van der Waals surface area contributed by atoms with Crippen molar-refractivity contribution >= 4 is 23.1 Å². The molecule has 0 aliphatic heterocycles. The number of nitrogens with one attached hydrogen (secondary N) is 2. The first-order valence-corrected chi connectivity index (χ1v) is 8.62. The molecule has 130 valence electrons. The molecule has 0 fully saturated rings. The molecule has 0 atom stereocenters. The summed E-state index contributed by atoms with van der Waals surface area (Å²) in [5, 5.41) is 6.57. The van der Waals surface area contributed by atoms with Gasteiger partial charge in [-0.2, -0.15) is 0 Å². The summed E-state index contributed by atoms with van der Waals surface area (Å²) in [4.78, 5) is 0. The lowest BCUT2D eigenvalue weighted by molar-refractivity contribution is 1.13. The van der Waals surface area contributed by atoms with Gasteiger partial charge in [0.15, 0.2) is 0 Å². The lowest BCUT2D eigenvalue weighted by Crippen LogP contribution is -2.02. The van der Waals surface area contributed by atoms with Gasteiger partial charge < -0.3 is 16.4 Å². The maximum absolute atomic E-state index is 6.05. The van der Waals surface area contributed by atoms with Crippen molar-refractivity contribution in [3.05, 3.63) is 58.7 Å². The van der Waals surface area contributed by atoms with Crippen LogP contribution >= 0.6 is 0 Å². The van der Waals surface area contributed by atoms with Crippen molar-refractivity contribution < 1.29 is 0 Å². The third-order valence-electron chi connectivity index (χ3n) is 4.15. The van der Waals surface area contributed by atoms with Crippen molar-refractivity contribution in [1.29, 1.82) is 0 Å². The Morgan fingerprint density at radius 2 is 2.04 bits per heavy atom. The normalized spacial score (nSPS) is 10.8. The Morgan fingerprint density at radius 3 is 2.72 bits per heavy atom. The van der Waals surface area contributed by atoms with Crippen LogP contribution in [0.4, 0.5) is 17.1 Å². The van der Waals surface area contributed by atoms with E-state index < -0.39 is 0 Å². The number of hydrogen-bond acceptors (Lipinski definition) is 3. The Labute approximate surface area is 151 Å². The van der Waals surface area contributed by atoms with Gasteiger partial charge in [-0.05, 0) is 67.3 Å². The topological polar surface area (TPSA) is 50.1 Å². The Morgan fingerprint density at radius 1 is 1.24 bits per heavy atom. The highest BCUT2D eigenvalue weighted by molar-refractivity contribution is 5.70. The van der Waals surface area contributed by atoms with Gasteiger partial charge in [0.25, 0.3) is 0 Å². The molecule has 0 radical (unpaired) electrons. The standard InChI is InChI=1S/C22H27N3/c1-5-18-15-19(24-4)11-12-22(18)25-13-7-8-16(2)14-20-17(3)9-6-10-21(20)23/h6,9-12,14-15,24-25H,5,13,23H2,1-4H3/b16-14+. The number of rotatable bonds is 5. The molecule has 0 saturated heterocycles. The van der Waals surface area contributed by atoms with Crippen LogP contribution in [0.3, 0.4) is 0 Å². The molecule has 3 nitrogen and oxygen atoms in total. The molecule has 0 heterocycles. The van der Waals surface area contributed by atoms with Crippen molar-refractivity contribution in [1.82, 2.24) is 0 Å². The predicted molar refractivity (Wildman–Crippen MR) is 111 cm³/mol. The molecule has 0 spiro atoms. The van der Waals surface area contributed by atoms with Crippen molar-refractivity contribution in [3.8, 4) is 11.8 Å². The summed E-state index contributed by atoms with van der Waals surface area (Å²) in [6.07, 6.45) is 3.04. The van der Waals surface area contributed by atoms with Gasteiger partial charge in [0.2, 0.25) is 0 Å². The Kier molecular flexibility index (Phi) is 6.54. The molecule has 25 heavy (non-hydrogen) atoms. The number of nitrogen functional groups attached to an aromatic ring is 1. The zero-order chi connectivity index (χ0) is 18.2. The van der Waals surface area contributed by atoms with Gasteiger partial charge in [-0.25, -0.2) is 0 Å². The summed E-state index contributed by atoms with van der Waals surface area (Å²) in [6.45, 7) is 6.84. The van der Waals surface area contributed by atoms with Crippen LogP contribution in [0.15, 0.2) is 42.0 Å². The van der Waals surface area contributed by atoms with Gasteiger partial charge in [-0.1, -0.05) is 30.9 Å². The quantitative estimate of drug-likeness (QED) is 0.549. The second-order valence-electron chi connectivity index (χ2n) is 6.04. The van der Waals surface area contributed by atoms with E-state index >= 15 is 0 Å². The van der Waals surface area contributed by atoms with Crippen molar-refractivity contribution in [2.45, 2.75) is 27.2 Å². The number of aryl methyl sites for hydroxylation is 2. The molecule has 3 heteroatoms. The largest absolute Gasteiger partial charge is 0.398 e. The summed E-state index contributed by atoms with van der Waals surface area (Å²) < 4.78 is 0. The fraction of sp³-hybridized carbons (Fsp3) is 0.273. The van der Waals surface area contributed by atoms with Gasteiger partial charge in [-0.15, -0.1) is 0 Å². The highest BCUT2D eigenvalue weighted by Crippen LogP contribution is 2.21. The smallest absolute Gasteiger partial charge is 0.0769 e. The number of allylic oxidation sites excluding steroid dienone is 1. The summed E-state index contributed by atoms with van der Waals surface area (Å²) in [7, 11) is 1.93. The Balaban J connectivity index is 2.04. The van der Waals surface area contributed by atoms with E-state index in [1.807, 2.05) is 26.1 Å². The number of nitrogens with two attached hydrogens (primary N) is 1. The van der Waals surface area contributed by atoms with E-state index in [0.29, 0.717) is 6.54 Å². The first-order valence-electron chi connectivity index (χ1n) is 8.62. The van der Waals surface area contributed by atoms with Crippen LogP contribution in [0.5, 0.6) is 0 Å². The Bertz CT molecular complexity index is 803. The zero-order valence-corrected chi connectivity index (χ0v) is 15.5. The monoisotopic (exact) mass is 333 g/mol. The highest BCUT2D eigenvalue weighted by atomic mass is 14.9. The molecule has 2 aromatic rings. The molecule has 4 N–H and O–H groups in total. The average Bonchev–Trinajstić information content (AvgIpc) is 2.62. The molecular formula is C22H27N3. The molecule has 0 aromatic heterocycles. The van der Waals surface area contributed by atoms with Crippen molar-refractivity contribution in [3.63, 3.8) is 0 Å². The average molecular weight is 333 g/mol. The Hall–Kier alpha value is -2.86. The van der Waals surface area contributed by atoms with E-state index in [9.17, 15) is 0 Å². The van der Waals surface area contributed by atoms with E-state index in [1.54, 1.807) is 0 Å². The zero-order valence-electron chi connectivity index (χ0n) is 15.5. The third kappa shape index (κ3) is 5.06. The molecule has 0 amide bonds. The number of anilines is 3. The first-order chi connectivity index (χ1) is 12.0. The molecule has 2 rings (SSSR count). The van der Waals surface area contributed by atoms with Crippen LogP contribution in [0, 0.1) is 18.8 Å². The van der Waals surface area contributed by atoms with Gasteiger partial charge in [0, 0.05) is 29.7 Å². The molecule has 0 aliphatic carbocycles. The molecule has 0 bridgehead atoms. The second kappa shape index (κ2) is 8.84. The maximum atomic E-state index is 6.05. The summed E-state index contributed by atoms with van der Waals surface area (Å²) >= 11 is 0. The minimum absolute atomic E-state index is 0.611. The van der Waals surface area contributed by atoms with Gasteiger partial charge in [0.05, 0.1) is 6.54 Å². The minimum Gasteiger partial charge on any atom is -0.398 e. The predicted octanol–water partition coefficient (Wildman–Crippen LogP) is 4.70. The van der Waals surface area contributed by atoms with E-state index in [1.165, 1.54) is 5.56 Å². The summed E-state index contributed by atoms with van der Waals surface area (Å²) in [5.74, 6) is 6.38. The van der Waals surface area contributed by atoms with E-state index in [4.69, 9.17) is 5.73 Å². The highest BCUT2D eigenvalue weighted by Gasteiger charge is 2.01. The van der Waals surface area contributed by atoms with Crippen LogP contribution < -0.4 is 16.4 Å². The lowest BCUT2D eigenvalue weighted by Gasteiger charge is -2.10. The van der Waals surface area contributed by atoms with Gasteiger partial charge in [-0.3, -0.25) is 0 Å². The SMILES string of the molecule is CCc1cc(NC)ccc1NCC#C/C(C)=C/c1c(C)cccc1N. The number of benzene rings is 2. The van der Waals surface area contributed by atoms with E-state index in [-0.39, 0.29) is 0 Å². The minimum atomic E-state index is 0.611.